The van der Waals surface area contributed by atoms with E-state index in [1.165, 1.54) is 31.2 Å². The Labute approximate surface area is 99.2 Å². The lowest BCUT2D eigenvalue weighted by molar-refractivity contribution is 0.452. The Kier molecular flexibility index (Phi) is 6.16. The predicted octanol–water partition coefficient (Wildman–Crippen LogP) is 2.96. The van der Waals surface area contributed by atoms with Gasteiger partial charge in [-0.05, 0) is 19.8 Å². The lowest BCUT2D eigenvalue weighted by Crippen LogP contribution is -2.27. The molecule has 1 unspecified atom stereocenters. The van der Waals surface area contributed by atoms with Gasteiger partial charge < -0.3 is 5.32 Å². The van der Waals surface area contributed by atoms with Gasteiger partial charge in [-0.25, -0.2) is 0 Å². The third kappa shape index (κ3) is 4.35. The molecule has 0 aromatic carbocycles. The third-order valence-corrected chi connectivity index (χ3v) is 3.00. The number of hydrogen-bond donors (Lipinski definition) is 1. The summed E-state index contributed by atoms with van der Waals surface area (Å²) in [6, 6.07) is 0.657. The van der Waals surface area contributed by atoms with E-state index in [-0.39, 0.29) is 0 Å². The average molecular weight is 223 g/mol. The predicted molar refractivity (Wildman–Crippen MR) is 68.3 cm³/mol. The molecule has 0 aliphatic heterocycles. The second-order valence-electron chi connectivity index (χ2n) is 4.33. The van der Waals surface area contributed by atoms with Gasteiger partial charge in [-0.1, -0.05) is 26.7 Å². The number of aromatic nitrogens is 2. The fourth-order valence-corrected chi connectivity index (χ4v) is 1.83. The van der Waals surface area contributed by atoms with Crippen molar-refractivity contribution in [3.05, 3.63) is 18.0 Å². The molecule has 0 bridgehead atoms. The largest absolute Gasteiger partial charge is 0.310 e. The van der Waals surface area contributed by atoms with E-state index in [1.54, 1.807) is 0 Å². The molecule has 0 radical (unpaired) electrons. The first-order chi connectivity index (χ1) is 7.80. The molecule has 1 heterocycles. The van der Waals surface area contributed by atoms with Gasteiger partial charge in [0.2, 0.25) is 0 Å². The summed E-state index contributed by atoms with van der Waals surface area (Å²) in [5.41, 5.74) is 1.29. The number of aryl methyl sites for hydroxylation is 1. The third-order valence-electron chi connectivity index (χ3n) is 3.00. The van der Waals surface area contributed by atoms with Gasteiger partial charge in [-0.3, -0.25) is 4.68 Å². The first kappa shape index (κ1) is 13.2. The van der Waals surface area contributed by atoms with Crippen LogP contribution in [-0.2, 0) is 13.1 Å². The normalized spacial score (nSPS) is 12.9. The molecule has 0 spiro atoms. The fourth-order valence-electron chi connectivity index (χ4n) is 1.83. The topological polar surface area (TPSA) is 29.9 Å². The number of hydrogen-bond acceptors (Lipinski definition) is 2. The molecule has 92 valence electrons. The molecule has 0 saturated heterocycles. The Morgan fingerprint density at radius 3 is 2.75 bits per heavy atom. The summed E-state index contributed by atoms with van der Waals surface area (Å²) in [6.07, 6.45) is 9.19. The molecule has 16 heavy (non-hydrogen) atoms. The zero-order chi connectivity index (χ0) is 11.8. The molecule has 1 rings (SSSR count). The average Bonchev–Trinajstić information content (AvgIpc) is 2.77. The highest BCUT2D eigenvalue weighted by atomic mass is 15.3. The molecular formula is C13H25N3. The minimum Gasteiger partial charge on any atom is -0.310 e. The van der Waals surface area contributed by atoms with Crippen molar-refractivity contribution in [2.75, 3.05) is 0 Å². The Balaban J connectivity index is 2.31. The Bertz CT molecular complexity index is 280. The van der Waals surface area contributed by atoms with Crippen LogP contribution in [0.1, 0.15) is 52.0 Å². The van der Waals surface area contributed by atoms with Crippen LogP contribution in [0, 0.1) is 0 Å². The highest BCUT2D eigenvalue weighted by Crippen LogP contribution is 2.06. The van der Waals surface area contributed by atoms with Crippen molar-refractivity contribution in [2.45, 2.75) is 65.6 Å². The van der Waals surface area contributed by atoms with E-state index in [4.69, 9.17) is 0 Å². The second kappa shape index (κ2) is 7.44. The monoisotopic (exact) mass is 223 g/mol. The summed E-state index contributed by atoms with van der Waals surface area (Å²) in [5, 5.41) is 7.88. The van der Waals surface area contributed by atoms with E-state index >= 15 is 0 Å². The van der Waals surface area contributed by atoms with Gasteiger partial charge in [0.05, 0.1) is 6.20 Å². The molecule has 1 N–H and O–H groups in total. The maximum Gasteiger partial charge on any atom is 0.0534 e. The van der Waals surface area contributed by atoms with Crippen LogP contribution in [0.4, 0.5) is 0 Å². The van der Waals surface area contributed by atoms with E-state index in [0.717, 1.165) is 13.1 Å². The standard InChI is InChI=1S/C13H25N3/c1-4-7-8-13(5-2)14-9-12-10-15-16(6-3)11-12/h10-11,13-14H,4-9H2,1-3H3. The van der Waals surface area contributed by atoms with E-state index in [2.05, 4.69) is 37.4 Å². The molecule has 0 amide bonds. The lowest BCUT2D eigenvalue weighted by Gasteiger charge is -2.15. The molecule has 1 aromatic heterocycles. The van der Waals surface area contributed by atoms with Crippen molar-refractivity contribution < 1.29 is 0 Å². The van der Waals surface area contributed by atoms with Crippen LogP contribution in [0.25, 0.3) is 0 Å². The molecule has 1 atom stereocenters. The maximum atomic E-state index is 4.28. The van der Waals surface area contributed by atoms with E-state index in [0.29, 0.717) is 6.04 Å². The van der Waals surface area contributed by atoms with Crippen molar-refractivity contribution in [3.63, 3.8) is 0 Å². The van der Waals surface area contributed by atoms with Crippen LogP contribution in [0.2, 0.25) is 0 Å². The number of rotatable bonds is 8. The van der Waals surface area contributed by atoms with Crippen LogP contribution in [-0.4, -0.2) is 15.8 Å². The summed E-state index contributed by atoms with van der Waals surface area (Å²) >= 11 is 0. The summed E-state index contributed by atoms with van der Waals surface area (Å²) < 4.78 is 1.98. The molecule has 0 aliphatic carbocycles. The van der Waals surface area contributed by atoms with Gasteiger partial charge in [-0.15, -0.1) is 0 Å². The molecular weight excluding hydrogens is 198 g/mol. The minimum atomic E-state index is 0.657. The molecule has 0 saturated carbocycles. The van der Waals surface area contributed by atoms with Crippen LogP contribution in [0.3, 0.4) is 0 Å². The summed E-state index contributed by atoms with van der Waals surface area (Å²) in [4.78, 5) is 0. The molecule has 0 aliphatic rings. The molecule has 1 aromatic rings. The van der Waals surface area contributed by atoms with Crippen LogP contribution >= 0.6 is 0 Å². The number of nitrogens with zero attached hydrogens (tertiary/aromatic N) is 2. The van der Waals surface area contributed by atoms with Gasteiger partial charge in [0.25, 0.3) is 0 Å². The summed E-state index contributed by atoms with van der Waals surface area (Å²) in [7, 11) is 0. The van der Waals surface area contributed by atoms with Crippen molar-refractivity contribution in [1.82, 2.24) is 15.1 Å². The van der Waals surface area contributed by atoms with Crippen molar-refractivity contribution >= 4 is 0 Å². The highest BCUT2D eigenvalue weighted by molar-refractivity contribution is 5.03. The molecule has 0 fully saturated rings. The fraction of sp³-hybridized carbons (Fsp3) is 0.769. The SMILES string of the molecule is CCCCC(CC)NCc1cnn(CC)c1. The number of nitrogens with one attached hydrogen (secondary N) is 1. The first-order valence-electron chi connectivity index (χ1n) is 6.54. The van der Waals surface area contributed by atoms with E-state index in [1.807, 2.05) is 10.9 Å². The van der Waals surface area contributed by atoms with Crippen molar-refractivity contribution in [3.8, 4) is 0 Å². The van der Waals surface area contributed by atoms with Crippen LogP contribution < -0.4 is 5.32 Å². The number of unbranched alkanes of at least 4 members (excludes halogenated alkanes) is 1. The summed E-state index contributed by atoms with van der Waals surface area (Å²) in [6.45, 7) is 8.51. The van der Waals surface area contributed by atoms with E-state index in [9.17, 15) is 0 Å². The van der Waals surface area contributed by atoms with Gasteiger partial charge in [0, 0.05) is 30.9 Å². The van der Waals surface area contributed by atoms with Crippen molar-refractivity contribution in [1.29, 1.82) is 0 Å². The maximum absolute atomic E-state index is 4.28. The lowest BCUT2D eigenvalue weighted by atomic mass is 10.1. The quantitative estimate of drug-likeness (QED) is 0.734. The van der Waals surface area contributed by atoms with Gasteiger partial charge in [0.1, 0.15) is 0 Å². The minimum absolute atomic E-state index is 0.657. The molecule has 3 nitrogen and oxygen atoms in total. The molecule has 3 heteroatoms. The Hall–Kier alpha value is -0.830. The first-order valence-corrected chi connectivity index (χ1v) is 6.54. The highest BCUT2D eigenvalue weighted by Gasteiger charge is 2.05. The van der Waals surface area contributed by atoms with Crippen molar-refractivity contribution in [2.24, 2.45) is 0 Å². The van der Waals surface area contributed by atoms with Crippen LogP contribution in [0.5, 0.6) is 0 Å². The summed E-state index contributed by atoms with van der Waals surface area (Å²) in [5.74, 6) is 0. The van der Waals surface area contributed by atoms with Gasteiger partial charge in [-0.2, -0.15) is 5.10 Å². The van der Waals surface area contributed by atoms with Crippen LogP contribution in [0.15, 0.2) is 12.4 Å². The zero-order valence-corrected chi connectivity index (χ0v) is 10.9. The van der Waals surface area contributed by atoms with E-state index < -0.39 is 0 Å². The second-order valence-corrected chi connectivity index (χ2v) is 4.33. The van der Waals surface area contributed by atoms with Gasteiger partial charge >= 0.3 is 0 Å². The Morgan fingerprint density at radius 1 is 1.38 bits per heavy atom. The zero-order valence-electron chi connectivity index (χ0n) is 10.9. The Morgan fingerprint density at radius 2 is 2.19 bits per heavy atom. The smallest absolute Gasteiger partial charge is 0.0534 e. The van der Waals surface area contributed by atoms with Gasteiger partial charge in [0.15, 0.2) is 0 Å².